The first-order valence-corrected chi connectivity index (χ1v) is 17.5. The molecule has 1 amide bonds. The minimum Gasteiger partial charge on any atom is -0.508 e. The molecule has 42 heavy (non-hydrogen) atoms. The van der Waals surface area contributed by atoms with Gasteiger partial charge in [-0.15, -0.1) is 0 Å². The molecule has 4 fully saturated rings. The highest BCUT2D eigenvalue weighted by Crippen LogP contribution is 2.66. The minimum atomic E-state index is -0.154. The van der Waals surface area contributed by atoms with Gasteiger partial charge in [-0.1, -0.05) is 58.8 Å². The predicted octanol–water partition coefficient (Wildman–Crippen LogP) is 6.84. The Morgan fingerprint density at radius 2 is 1.93 bits per heavy atom. The van der Waals surface area contributed by atoms with Gasteiger partial charge in [-0.05, 0) is 75.2 Å². The number of phenolic OH excluding ortho intramolecular Hbond substituents is 1. The van der Waals surface area contributed by atoms with Crippen molar-refractivity contribution in [2.75, 3.05) is 26.7 Å². The lowest BCUT2D eigenvalue weighted by Gasteiger charge is -2.60. The molecule has 2 heterocycles. The van der Waals surface area contributed by atoms with Crippen LogP contribution >= 0.6 is 0 Å². The highest BCUT2D eigenvalue weighted by Gasteiger charge is 2.67. The fourth-order valence-electron chi connectivity index (χ4n) is 10.1. The zero-order valence-electron chi connectivity index (χ0n) is 26.4. The van der Waals surface area contributed by atoms with E-state index in [0.717, 1.165) is 68.3 Å². The fraction of sp³-hybridized carbons (Fsp3) is 0.806. The number of amides is 1. The normalized spacial score (nSPS) is 32.0. The van der Waals surface area contributed by atoms with E-state index in [4.69, 9.17) is 9.47 Å². The van der Waals surface area contributed by atoms with Crippen LogP contribution in [0.4, 0.5) is 0 Å². The Bertz CT molecular complexity index is 1160. The number of likely N-dealkylation sites (tertiary alicyclic amines) is 1. The maximum absolute atomic E-state index is 14.1. The van der Waals surface area contributed by atoms with Crippen LogP contribution in [0.3, 0.4) is 0 Å². The number of unbranched alkanes of at least 4 members (excludes halogenated alkanes) is 1. The van der Waals surface area contributed by atoms with Crippen molar-refractivity contribution in [3.63, 3.8) is 0 Å². The number of nitrogens with zero attached hydrogens (tertiary/aromatic N) is 2. The van der Waals surface area contributed by atoms with Crippen LogP contribution in [0.2, 0.25) is 0 Å². The molecule has 7 rings (SSSR count). The van der Waals surface area contributed by atoms with E-state index in [-0.39, 0.29) is 17.6 Å². The molecule has 0 unspecified atom stereocenters. The van der Waals surface area contributed by atoms with Crippen molar-refractivity contribution >= 4 is 5.91 Å². The predicted molar refractivity (Wildman–Crippen MR) is 165 cm³/mol. The number of phenols is 1. The third-order valence-corrected chi connectivity index (χ3v) is 12.2. The van der Waals surface area contributed by atoms with Crippen LogP contribution in [-0.2, 0) is 16.6 Å². The first-order valence-electron chi connectivity index (χ1n) is 17.5. The third kappa shape index (κ3) is 4.92. The molecule has 3 saturated carbocycles. The number of benzene rings is 1. The summed E-state index contributed by atoms with van der Waals surface area (Å²) >= 11 is 0. The lowest BCUT2D eigenvalue weighted by Crippen LogP contribution is -2.69. The second-order valence-electron chi connectivity index (χ2n) is 15.3. The largest absolute Gasteiger partial charge is 0.508 e. The van der Waals surface area contributed by atoms with Crippen molar-refractivity contribution in [3.8, 4) is 17.2 Å². The molecule has 1 spiro atoms. The molecule has 1 aromatic rings. The molecule has 6 nitrogen and oxygen atoms in total. The van der Waals surface area contributed by atoms with Gasteiger partial charge in [-0.25, -0.2) is 0 Å². The van der Waals surface area contributed by atoms with Gasteiger partial charge >= 0.3 is 0 Å². The molecular weight excluding hydrogens is 524 g/mol. The average Bonchev–Trinajstić information content (AvgIpc) is 3.74. The average molecular weight is 579 g/mol. The smallest absolute Gasteiger partial charge is 0.222 e. The second-order valence-corrected chi connectivity index (χ2v) is 15.3. The molecule has 6 aliphatic rings. The zero-order valence-corrected chi connectivity index (χ0v) is 26.4. The maximum atomic E-state index is 14.1. The molecule has 0 aromatic heterocycles. The molecular formula is C36H54N2O4. The van der Waals surface area contributed by atoms with Gasteiger partial charge in [0.1, 0.15) is 11.9 Å². The fourth-order valence-corrected chi connectivity index (χ4v) is 10.1. The van der Waals surface area contributed by atoms with Gasteiger partial charge in [-0.3, -0.25) is 9.69 Å². The van der Waals surface area contributed by atoms with Crippen LogP contribution in [0.1, 0.15) is 115 Å². The Balaban J connectivity index is 1.17. The summed E-state index contributed by atoms with van der Waals surface area (Å²) in [5.74, 6) is 4.82. The zero-order chi connectivity index (χ0) is 29.0. The van der Waals surface area contributed by atoms with Gasteiger partial charge in [0, 0.05) is 48.2 Å². The maximum Gasteiger partial charge on any atom is 0.222 e. The molecule has 232 valence electrons. The molecule has 1 aromatic carbocycles. The van der Waals surface area contributed by atoms with E-state index < -0.39 is 0 Å². The van der Waals surface area contributed by atoms with E-state index in [0.29, 0.717) is 41.7 Å². The molecule has 2 bridgehead atoms. The van der Waals surface area contributed by atoms with Gasteiger partial charge in [0.15, 0.2) is 11.5 Å². The number of carbonyl (C=O) groups excluding carboxylic acids is 1. The van der Waals surface area contributed by atoms with E-state index in [2.05, 4.69) is 23.6 Å². The SMILES string of the molecule is COc1cc(O)c2c3c1O[C@H]1[C@H](N(CC(C)C)C(=O)CCCCC4CCCCC4)CC[C@H]4[C@@H](C2)N(CC2CC2)CC[C@@]341. The second kappa shape index (κ2) is 11.5. The molecule has 4 aliphatic carbocycles. The van der Waals surface area contributed by atoms with Crippen LogP contribution in [0.15, 0.2) is 6.07 Å². The number of hydrogen-bond acceptors (Lipinski definition) is 5. The van der Waals surface area contributed by atoms with Gasteiger partial charge in [-0.2, -0.15) is 0 Å². The topological polar surface area (TPSA) is 62.2 Å². The summed E-state index contributed by atoms with van der Waals surface area (Å²) in [7, 11) is 1.68. The van der Waals surface area contributed by atoms with E-state index in [9.17, 15) is 9.90 Å². The summed E-state index contributed by atoms with van der Waals surface area (Å²) in [6.07, 6.45) is 17.8. The Kier molecular flexibility index (Phi) is 7.90. The molecule has 2 aliphatic heterocycles. The molecule has 6 heteroatoms. The van der Waals surface area contributed by atoms with Crippen molar-refractivity contribution in [2.24, 2.45) is 23.7 Å². The Labute approximate surface area is 253 Å². The third-order valence-electron chi connectivity index (χ3n) is 12.2. The first kappa shape index (κ1) is 28.8. The van der Waals surface area contributed by atoms with Gasteiger partial charge in [0.2, 0.25) is 5.91 Å². The van der Waals surface area contributed by atoms with Crippen LogP contribution in [-0.4, -0.2) is 65.7 Å². The molecule has 1 saturated heterocycles. The lowest BCUT2D eigenvalue weighted by atomic mass is 9.50. The molecule has 0 radical (unpaired) electrons. The van der Waals surface area contributed by atoms with Crippen LogP contribution in [0.25, 0.3) is 0 Å². The van der Waals surface area contributed by atoms with E-state index >= 15 is 0 Å². The summed E-state index contributed by atoms with van der Waals surface area (Å²) in [4.78, 5) is 19.1. The number of ether oxygens (including phenoxy) is 2. The van der Waals surface area contributed by atoms with Gasteiger partial charge in [0.05, 0.1) is 13.2 Å². The standard InChI is InChI=1S/C36H54N2O4/c1-23(2)21-38(32(40)12-8-7-11-24-9-5-4-6-10-24)28-16-15-27-29-19-26-30(39)20-31(41-3)34-33(26)36(27,35(28)42-34)17-18-37(29)22-25-13-14-25/h20,23-25,27-29,35,39H,4-19,21-22H2,1-3H3/t27-,28+,29+,35-,36-/m0/s1. The van der Waals surface area contributed by atoms with Crippen molar-refractivity contribution in [2.45, 2.75) is 134 Å². The van der Waals surface area contributed by atoms with E-state index in [1.165, 1.54) is 69.9 Å². The Morgan fingerprint density at radius 1 is 1.12 bits per heavy atom. The number of aromatic hydroxyl groups is 1. The number of methoxy groups -OCH3 is 1. The monoisotopic (exact) mass is 578 g/mol. The highest BCUT2D eigenvalue weighted by atomic mass is 16.5. The van der Waals surface area contributed by atoms with Crippen molar-refractivity contribution in [1.82, 2.24) is 9.80 Å². The van der Waals surface area contributed by atoms with Crippen LogP contribution in [0.5, 0.6) is 17.2 Å². The van der Waals surface area contributed by atoms with E-state index in [1.807, 2.05) is 0 Å². The van der Waals surface area contributed by atoms with E-state index in [1.54, 1.807) is 13.2 Å². The number of piperidine rings is 1. The highest BCUT2D eigenvalue weighted by molar-refractivity contribution is 5.77. The summed E-state index contributed by atoms with van der Waals surface area (Å²) in [5, 5.41) is 11.3. The number of carbonyl (C=O) groups is 1. The number of hydrogen-bond donors (Lipinski definition) is 1. The van der Waals surface area contributed by atoms with Crippen LogP contribution in [0, 0.1) is 23.7 Å². The summed E-state index contributed by atoms with van der Waals surface area (Å²) in [6.45, 7) is 7.55. The summed E-state index contributed by atoms with van der Waals surface area (Å²) in [6, 6.07) is 2.29. The van der Waals surface area contributed by atoms with Crippen molar-refractivity contribution in [1.29, 1.82) is 0 Å². The molecule has 5 atom stereocenters. The summed E-state index contributed by atoms with van der Waals surface area (Å²) in [5.41, 5.74) is 2.16. The van der Waals surface area contributed by atoms with Crippen molar-refractivity contribution in [3.05, 3.63) is 17.2 Å². The van der Waals surface area contributed by atoms with Gasteiger partial charge < -0.3 is 19.5 Å². The quantitative estimate of drug-likeness (QED) is 0.291. The Hall–Kier alpha value is -1.95. The first-order chi connectivity index (χ1) is 20.4. The minimum absolute atomic E-state index is 0.0651. The molecule has 1 N–H and O–H groups in total. The Morgan fingerprint density at radius 3 is 2.67 bits per heavy atom. The van der Waals surface area contributed by atoms with Gasteiger partial charge in [0.25, 0.3) is 0 Å². The number of rotatable bonds is 11. The van der Waals surface area contributed by atoms with Crippen molar-refractivity contribution < 1.29 is 19.4 Å². The summed E-state index contributed by atoms with van der Waals surface area (Å²) < 4.78 is 12.9. The van der Waals surface area contributed by atoms with Crippen LogP contribution < -0.4 is 9.47 Å². The lowest BCUT2D eigenvalue weighted by molar-refractivity contribution is -0.143.